The van der Waals surface area contributed by atoms with Crippen LogP contribution in [0.4, 0.5) is 0 Å². The first-order valence-electron chi connectivity index (χ1n) is 2.26. The van der Waals surface area contributed by atoms with Gasteiger partial charge in [0.1, 0.15) is 0 Å². The summed E-state index contributed by atoms with van der Waals surface area (Å²) < 4.78 is 0. The van der Waals surface area contributed by atoms with Gasteiger partial charge in [0.2, 0.25) is 0 Å². The Balaban J connectivity index is 2.90. The van der Waals surface area contributed by atoms with Crippen molar-refractivity contribution in [2.75, 3.05) is 7.05 Å². The minimum absolute atomic E-state index is 0.806. The van der Waals surface area contributed by atoms with Gasteiger partial charge < -0.3 is 0 Å². The standard InChI is InChI=1S/C4H4N2O3/c1-6-4(9)2(7)3(8)5-6/h1H3,(H,5,8). The molecular weight excluding hydrogens is 124 g/mol. The zero-order valence-corrected chi connectivity index (χ0v) is 4.67. The number of rotatable bonds is 0. The summed E-state index contributed by atoms with van der Waals surface area (Å²) in [4.78, 5) is 31.0. The topological polar surface area (TPSA) is 66.5 Å². The highest BCUT2D eigenvalue weighted by Crippen LogP contribution is 1.91. The van der Waals surface area contributed by atoms with E-state index in [1.54, 1.807) is 0 Å². The van der Waals surface area contributed by atoms with Gasteiger partial charge in [-0.2, -0.15) is 0 Å². The molecule has 1 rings (SSSR count). The maximum atomic E-state index is 10.4. The first-order chi connectivity index (χ1) is 4.13. The third kappa shape index (κ3) is 0.658. The molecule has 0 aromatic carbocycles. The molecule has 48 valence electrons. The molecule has 0 spiro atoms. The lowest BCUT2D eigenvalue weighted by molar-refractivity contribution is -0.142. The van der Waals surface area contributed by atoms with Crippen molar-refractivity contribution in [1.82, 2.24) is 10.4 Å². The Hall–Kier alpha value is -1.39. The van der Waals surface area contributed by atoms with Crippen molar-refractivity contribution < 1.29 is 14.4 Å². The zero-order chi connectivity index (χ0) is 7.02. The van der Waals surface area contributed by atoms with Gasteiger partial charge in [0.05, 0.1) is 0 Å². The van der Waals surface area contributed by atoms with Crippen LogP contribution in [0.2, 0.25) is 0 Å². The van der Waals surface area contributed by atoms with Crippen LogP contribution in [-0.4, -0.2) is 29.7 Å². The van der Waals surface area contributed by atoms with Crippen molar-refractivity contribution in [1.29, 1.82) is 0 Å². The molecule has 0 radical (unpaired) electrons. The normalized spacial score (nSPS) is 18.8. The number of hydrazine groups is 1. The van der Waals surface area contributed by atoms with Crippen LogP contribution in [0.15, 0.2) is 0 Å². The molecule has 9 heavy (non-hydrogen) atoms. The summed E-state index contributed by atoms with van der Waals surface area (Å²) in [5, 5.41) is 0.852. The summed E-state index contributed by atoms with van der Waals surface area (Å²) in [6.07, 6.45) is 0. The summed E-state index contributed by atoms with van der Waals surface area (Å²) in [6.45, 7) is 0. The first-order valence-corrected chi connectivity index (χ1v) is 2.26. The number of hydrogen-bond donors (Lipinski definition) is 1. The van der Waals surface area contributed by atoms with Crippen molar-refractivity contribution in [3.8, 4) is 0 Å². The van der Waals surface area contributed by atoms with E-state index in [-0.39, 0.29) is 0 Å². The van der Waals surface area contributed by atoms with Crippen LogP contribution in [0.5, 0.6) is 0 Å². The van der Waals surface area contributed by atoms with Crippen LogP contribution in [0.25, 0.3) is 0 Å². The molecule has 5 nitrogen and oxygen atoms in total. The van der Waals surface area contributed by atoms with Crippen molar-refractivity contribution in [3.05, 3.63) is 0 Å². The molecule has 1 N–H and O–H groups in total. The van der Waals surface area contributed by atoms with E-state index in [0.29, 0.717) is 0 Å². The smallest absolute Gasteiger partial charge is 0.277 e. The monoisotopic (exact) mass is 128 g/mol. The number of carbonyl (C=O) groups excluding carboxylic acids is 3. The Morgan fingerprint density at radius 3 is 2.00 bits per heavy atom. The van der Waals surface area contributed by atoms with E-state index in [2.05, 4.69) is 0 Å². The molecule has 0 unspecified atom stereocenters. The molecule has 1 aliphatic heterocycles. The van der Waals surface area contributed by atoms with Crippen molar-refractivity contribution in [3.63, 3.8) is 0 Å². The highest BCUT2D eigenvalue weighted by atomic mass is 16.2. The molecule has 1 saturated heterocycles. The molecule has 0 aliphatic carbocycles. The third-order valence-corrected chi connectivity index (χ3v) is 0.974. The van der Waals surface area contributed by atoms with E-state index in [9.17, 15) is 14.4 Å². The fourth-order valence-electron chi connectivity index (χ4n) is 0.503. The molecule has 0 bridgehead atoms. The fourth-order valence-corrected chi connectivity index (χ4v) is 0.503. The summed E-state index contributed by atoms with van der Waals surface area (Å²) >= 11 is 0. The summed E-state index contributed by atoms with van der Waals surface area (Å²) in [5.41, 5.74) is 2.01. The lowest BCUT2D eigenvalue weighted by Crippen LogP contribution is -2.31. The lowest BCUT2D eigenvalue weighted by Gasteiger charge is -2.02. The SMILES string of the molecule is CN1NC(=O)C(=O)C1=O. The van der Waals surface area contributed by atoms with Crippen LogP contribution in [-0.2, 0) is 14.4 Å². The molecular formula is C4H4N2O3. The highest BCUT2D eigenvalue weighted by molar-refractivity contribution is 6.65. The van der Waals surface area contributed by atoms with Gasteiger partial charge in [0, 0.05) is 7.05 Å². The molecule has 5 heteroatoms. The van der Waals surface area contributed by atoms with Crippen LogP contribution in [0.3, 0.4) is 0 Å². The molecule has 2 amide bonds. The minimum Gasteiger partial charge on any atom is -0.277 e. The minimum atomic E-state index is -1.00. The lowest BCUT2D eigenvalue weighted by atomic mass is 10.4. The Bertz CT molecular complexity index is 198. The average Bonchev–Trinajstić information content (AvgIpc) is 1.98. The predicted octanol–water partition coefficient (Wildman–Crippen LogP) is -1.94. The number of likely N-dealkylation sites (N-methyl/N-ethyl adjacent to an activating group) is 1. The van der Waals surface area contributed by atoms with E-state index < -0.39 is 17.6 Å². The molecule has 0 aromatic rings. The maximum absolute atomic E-state index is 10.4. The quantitative estimate of drug-likeness (QED) is 0.386. The van der Waals surface area contributed by atoms with Crippen LogP contribution in [0.1, 0.15) is 0 Å². The van der Waals surface area contributed by atoms with Crippen LogP contribution in [0, 0.1) is 0 Å². The molecule has 0 atom stereocenters. The van der Waals surface area contributed by atoms with Gasteiger partial charge in [-0.3, -0.25) is 19.8 Å². The summed E-state index contributed by atoms with van der Waals surface area (Å²) in [6, 6.07) is 0. The van der Waals surface area contributed by atoms with Crippen LogP contribution >= 0.6 is 0 Å². The Morgan fingerprint density at radius 1 is 1.33 bits per heavy atom. The molecule has 1 aliphatic rings. The second kappa shape index (κ2) is 1.54. The van der Waals surface area contributed by atoms with Gasteiger partial charge in [-0.05, 0) is 0 Å². The summed E-state index contributed by atoms with van der Waals surface area (Å²) in [5.74, 6) is -2.67. The predicted molar refractivity (Wildman–Crippen MR) is 25.9 cm³/mol. The number of nitrogens with one attached hydrogen (secondary N) is 1. The van der Waals surface area contributed by atoms with Gasteiger partial charge in [0.15, 0.2) is 0 Å². The number of nitrogens with zero attached hydrogens (tertiary/aromatic N) is 1. The van der Waals surface area contributed by atoms with Gasteiger partial charge in [-0.25, -0.2) is 5.01 Å². The third-order valence-electron chi connectivity index (χ3n) is 0.974. The zero-order valence-electron chi connectivity index (χ0n) is 4.67. The Labute approximate surface area is 50.6 Å². The first kappa shape index (κ1) is 5.74. The molecule has 0 saturated carbocycles. The van der Waals surface area contributed by atoms with Crippen molar-refractivity contribution >= 4 is 17.6 Å². The molecule has 0 aromatic heterocycles. The van der Waals surface area contributed by atoms with E-state index in [1.165, 1.54) is 7.05 Å². The second-order valence-corrected chi connectivity index (χ2v) is 1.63. The van der Waals surface area contributed by atoms with E-state index in [4.69, 9.17) is 0 Å². The second-order valence-electron chi connectivity index (χ2n) is 1.63. The van der Waals surface area contributed by atoms with Crippen molar-refractivity contribution in [2.24, 2.45) is 0 Å². The van der Waals surface area contributed by atoms with Gasteiger partial charge in [-0.1, -0.05) is 0 Å². The Morgan fingerprint density at radius 2 is 1.89 bits per heavy atom. The summed E-state index contributed by atoms with van der Waals surface area (Å²) in [7, 11) is 1.31. The average molecular weight is 128 g/mol. The van der Waals surface area contributed by atoms with Gasteiger partial charge in [-0.15, -0.1) is 0 Å². The van der Waals surface area contributed by atoms with E-state index in [0.717, 1.165) is 5.01 Å². The number of carbonyl (C=O) groups is 3. The number of amides is 2. The van der Waals surface area contributed by atoms with Gasteiger partial charge >= 0.3 is 17.6 Å². The highest BCUT2D eigenvalue weighted by Gasteiger charge is 2.34. The number of ketones is 1. The van der Waals surface area contributed by atoms with Crippen LogP contribution < -0.4 is 5.43 Å². The fraction of sp³-hybridized carbons (Fsp3) is 0.250. The molecule has 1 heterocycles. The number of hydrogen-bond acceptors (Lipinski definition) is 3. The Kier molecular flexibility index (Phi) is 0.985. The largest absolute Gasteiger partial charge is 0.318 e. The van der Waals surface area contributed by atoms with E-state index >= 15 is 0 Å². The van der Waals surface area contributed by atoms with Gasteiger partial charge in [0.25, 0.3) is 0 Å². The number of Topliss-reactive ketones (excluding diaryl/α,β-unsaturated/α-hetero) is 1. The maximum Gasteiger partial charge on any atom is 0.318 e. The van der Waals surface area contributed by atoms with E-state index in [1.807, 2.05) is 5.43 Å². The van der Waals surface area contributed by atoms with Crippen molar-refractivity contribution in [2.45, 2.75) is 0 Å². The molecule has 1 fully saturated rings.